The molecule has 0 aliphatic carbocycles. The lowest BCUT2D eigenvalue weighted by Crippen LogP contribution is -2.17. The summed E-state index contributed by atoms with van der Waals surface area (Å²) in [7, 11) is 3.26. The van der Waals surface area contributed by atoms with Crippen LogP contribution in [0.2, 0.25) is 4.34 Å². The van der Waals surface area contributed by atoms with Gasteiger partial charge in [0, 0.05) is 6.54 Å². The number of benzene rings is 1. The number of aryl methyl sites for hydroxylation is 1. The van der Waals surface area contributed by atoms with E-state index in [1.54, 1.807) is 26.4 Å². The molecule has 0 aliphatic rings. The molecule has 0 saturated heterocycles. The number of rotatable bonds is 5. The SMILES string of the molecule is CCCn1c(=NC(=O)c2ccc(Cl)s2)sc2c(OC)ccc(OC)c21. The van der Waals surface area contributed by atoms with E-state index in [-0.39, 0.29) is 5.91 Å². The Morgan fingerprint density at radius 1 is 1.16 bits per heavy atom. The molecular weight excluding hydrogens is 380 g/mol. The van der Waals surface area contributed by atoms with Crippen LogP contribution in [0.25, 0.3) is 10.2 Å². The lowest BCUT2D eigenvalue weighted by atomic mass is 10.3. The van der Waals surface area contributed by atoms with Gasteiger partial charge < -0.3 is 14.0 Å². The van der Waals surface area contributed by atoms with Crippen LogP contribution < -0.4 is 14.3 Å². The van der Waals surface area contributed by atoms with Crippen LogP contribution in [0.4, 0.5) is 0 Å². The quantitative estimate of drug-likeness (QED) is 0.634. The molecule has 25 heavy (non-hydrogen) atoms. The summed E-state index contributed by atoms with van der Waals surface area (Å²) in [6.45, 7) is 2.80. The van der Waals surface area contributed by atoms with Gasteiger partial charge in [0.1, 0.15) is 21.7 Å². The number of thiophene rings is 1. The number of fused-ring (bicyclic) bond motifs is 1. The molecule has 2 heterocycles. The molecule has 3 rings (SSSR count). The average Bonchev–Trinajstić information content (AvgIpc) is 3.19. The number of methoxy groups -OCH3 is 2. The normalized spacial score (nSPS) is 11.9. The summed E-state index contributed by atoms with van der Waals surface area (Å²) in [6, 6.07) is 7.12. The zero-order valence-electron chi connectivity index (χ0n) is 14.0. The third-order valence-corrected chi connectivity index (χ3v) is 5.93. The number of ether oxygens (including phenoxy) is 2. The maximum absolute atomic E-state index is 12.5. The van der Waals surface area contributed by atoms with Gasteiger partial charge in [0.2, 0.25) is 0 Å². The highest BCUT2D eigenvalue weighted by Crippen LogP contribution is 2.35. The second-order valence-electron chi connectivity index (χ2n) is 5.20. The second kappa shape index (κ2) is 7.59. The molecular formula is C17H17ClN2O3S2. The van der Waals surface area contributed by atoms with Crippen LogP contribution in [0, 0.1) is 0 Å². The smallest absolute Gasteiger partial charge is 0.289 e. The molecule has 0 N–H and O–H groups in total. The Labute approximate surface area is 158 Å². The molecule has 0 radical (unpaired) electrons. The maximum atomic E-state index is 12.5. The minimum Gasteiger partial charge on any atom is -0.495 e. The van der Waals surface area contributed by atoms with Crippen molar-refractivity contribution in [3.05, 3.63) is 38.3 Å². The first-order valence-electron chi connectivity index (χ1n) is 7.67. The zero-order valence-corrected chi connectivity index (χ0v) is 16.4. The molecule has 0 bridgehead atoms. The van der Waals surface area contributed by atoms with Crippen molar-refractivity contribution in [1.29, 1.82) is 0 Å². The van der Waals surface area contributed by atoms with E-state index in [2.05, 4.69) is 11.9 Å². The highest BCUT2D eigenvalue weighted by atomic mass is 35.5. The number of hydrogen-bond donors (Lipinski definition) is 0. The lowest BCUT2D eigenvalue weighted by molar-refractivity contribution is 0.100. The minimum atomic E-state index is -0.300. The molecule has 1 aromatic carbocycles. The molecule has 3 aromatic rings. The van der Waals surface area contributed by atoms with Crippen molar-refractivity contribution in [3.63, 3.8) is 0 Å². The summed E-state index contributed by atoms with van der Waals surface area (Å²) in [5.41, 5.74) is 0.893. The number of carbonyl (C=O) groups excluding carboxylic acids is 1. The fraction of sp³-hybridized carbons (Fsp3) is 0.294. The van der Waals surface area contributed by atoms with Crippen molar-refractivity contribution in [1.82, 2.24) is 4.57 Å². The van der Waals surface area contributed by atoms with Gasteiger partial charge in [0.25, 0.3) is 5.91 Å². The van der Waals surface area contributed by atoms with Gasteiger partial charge in [-0.2, -0.15) is 4.99 Å². The van der Waals surface area contributed by atoms with Crippen LogP contribution in [0.5, 0.6) is 11.5 Å². The predicted octanol–water partition coefficient (Wildman–Crippen LogP) is 4.59. The Bertz CT molecular complexity index is 988. The van der Waals surface area contributed by atoms with Crippen molar-refractivity contribution in [3.8, 4) is 11.5 Å². The lowest BCUT2D eigenvalue weighted by Gasteiger charge is -2.09. The highest BCUT2D eigenvalue weighted by molar-refractivity contribution is 7.18. The first kappa shape index (κ1) is 18.0. The van der Waals surface area contributed by atoms with Crippen molar-refractivity contribution < 1.29 is 14.3 Å². The number of hydrogen-bond acceptors (Lipinski definition) is 5. The van der Waals surface area contributed by atoms with E-state index in [0.717, 1.165) is 34.7 Å². The molecule has 8 heteroatoms. The fourth-order valence-electron chi connectivity index (χ4n) is 2.54. The molecule has 0 fully saturated rings. The summed E-state index contributed by atoms with van der Waals surface area (Å²) in [5, 5.41) is 0. The van der Waals surface area contributed by atoms with Gasteiger partial charge in [-0.3, -0.25) is 4.79 Å². The van der Waals surface area contributed by atoms with Gasteiger partial charge >= 0.3 is 0 Å². The number of nitrogens with zero attached hydrogens (tertiary/aromatic N) is 2. The molecule has 0 spiro atoms. The number of carbonyl (C=O) groups is 1. The molecule has 0 atom stereocenters. The van der Waals surface area contributed by atoms with Crippen LogP contribution in [-0.2, 0) is 6.54 Å². The first-order chi connectivity index (χ1) is 12.1. The molecule has 2 aromatic heterocycles. The van der Waals surface area contributed by atoms with Crippen molar-refractivity contribution >= 4 is 50.4 Å². The Kier molecular flexibility index (Phi) is 5.46. The number of aromatic nitrogens is 1. The van der Waals surface area contributed by atoms with Crippen LogP contribution >= 0.6 is 34.3 Å². The third-order valence-electron chi connectivity index (χ3n) is 3.62. The summed E-state index contributed by atoms with van der Waals surface area (Å²) in [5.74, 6) is 1.17. The van der Waals surface area contributed by atoms with E-state index in [1.807, 2.05) is 16.7 Å². The van der Waals surface area contributed by atoms with Crippen LogP contribution in [0.15, 0.2) is 29.3 Å². The Balaban J connectivity index is 2.25. The van der Waals surface area contributed by atoms with Crippen molar-refractivity contribution in [2.24, 2.45) is 4.99 Å². The summed E-state index contributed by atoms with van der Waals surface area (Å²) in [6.07, 6.45) is 0.901. The first-order valence-corrected chi connectivity index (χ1v) is 9.68. The average molecular weight is 397 g/mol. The maximum Gasteiger partial charge on any atom is 0.289 e. The Morgan fingerprint density at radius 2 is 1.88 bits per heavy atom. The van der Waals surface area contributed by atoms with E-state index < -0.39 is 0 Å². The summed E-state index contributed by atoms with van der Waals surface area (Å²) >= 11 is 8.56. The third kappa shape index (κ3) is 3.44. The van der Waals surface area contributed by atoms with E-state index in [4.69, 9.17) is 21.1 Å². The van der Waals surface area contributed by atoms with Gasteiger partial charge in [-0.1, -0.05) is 29.9 Å². The van der Waals surface area contributed by atoms with E-state index >= 15 is 0 Å². The largest absolute Gasteiger partial charge is 0.495 e. The molecule has 0 aliphatic heterocycles. The van der Waals surface area contributed by atoms with Crippen LogP contribution in [0.1, 0.15) is 23.0 Å². The molecule has 5 nitrogen and oxygen atoms in total. The van der Waals surface area contributed by atoms with E-state index in [9.17, 15) is 4.79 Å². The van der Waals surface area contributed by atoms with Gasteiger partial charge in [-0.05, 0) is 30.7 Å². The topological polar surface area (TPSA) is 52.8 Å². The molecule has 132 valence electrons. The number of halogens is 1. The predicted molar refractivity (Wildman–Crippen MR) is 102 cm³/mol. The van der Waals surface area contributed by atoms with Crippen molar-refractivity contribution in [2.45, 2.75) is 19.9 Å². The fourth-order valence-corrected chi connectivity index (χ4v) is 4.63. The number of amides is 1. The van der Waals surface area contributed by atoms with E-state index in [0.29, 0.717) is 14.0 Å². The zero-order chi connectivity index (χ0) is 18.0. The Morgan fingerprint density at radius 3 is 2.48 bits per heavy atom. The highest BCUT2D eigenvalue weighted by Gasteiger charge is 2.16. The van der Waals surface area contributed by atoms with Gasteiger partial charge in [-0.15, -0.1) is 11.3 Å². The van der Waals surface area contributed by atoms with Gasteiger partial charge in [0.15, 0.2) is 4.80 Å². The Hall–Kier alpha value is -1.83. The number of thiazole rings is 1. The van der Waals surface area contributed by atoms with Crippen LogP contribution in [-0.4, -0.2) is 24.7 Å². The van der Waals surface area contributed by atoms with Gasteiger partial charge in [-0.25, -0.2) is 0 Å². The second-order valence-corrected chi connectivity index (χ2v) is 7.90. The van der Waals surface area contributed by atoms with Crippen molar-refractivity contribution in [2.75, 3.05) is 14.2 Å². The standard InChI is InChI=1S/C17H17ClN2O3S2/c1-4-9-20-14-10(22-2)5-6-11(23-3)15(14)25-17(20)19-16(21)12-7-8-13(18)24-12/h5-8H,4,9H2,1-3H3. The van der Waals surface area contributed by atoms with Crippen LogP contribution in [0.3, 0.4) is 0 Å². The minimum absolute atomic E-state index is 0.300. The molecule has 0 unspecified atom stereocenters. The monoisotopic (exact) mass is 396 g/mol. The van der Waals surface area contributed by atoms with Gasteiger partial charge in [0.05, 0.1) is 23.4 Å². The molecule has 0 saturated carbocycles. The summed E-state index contributed by atoms with van der Waals surface area (Å²) in [4.78, 5) is 18.0. The molecule has 1 amide bonds. The summed E-state index contributed by atoms with van der Waals surface area (Å²) < 4.78 is 14.5. The van der Waals surface area contributed by atoms with E-state index in [1.165, 1.54) is 22.7 Å².